The van der Waals surface area contributed by atoms with Gasteiger partial charge in [0.15, 0.2) is 0 Å². The summed E-state index contributed by atoms with van der Waals surface area (Å²) in [5.41, 5.74) is 0.987. The molecule has 0 spiro atoms. The minimum absolute atomic E-state index is 0.104. The lowest BCUT2D eigenvalue weighted by Crippen LogP contribution is -2.15. The number of hydrogen-bond acceptors (Lipinski definition) is 6. The molecule has 0 aliphatic carbocycles. The predicted octanol–water partition coefficient (Wildman–Crippen LogP) is 3.02. The van der Waals surface area contributed by atoms with Crippen molar-refractivity contribution in [3.63, 3.8) is 0 Å². The van der Waals surface area contributed by atoms with Crippen molar-refractivity contribution in [2.45, 2.75) is 20.0 Å². The van der Waals surface area contributed by atoms with Crippen LogP contribution < -0.4 is 0 Å². The molecule has 0 saturated heterocycles. The van der Waals surface area contributed by atoms with Crippen molar-refractivity contribution >= 4 is 44.9 Å². The molecule has 3 rings (SSSR count). The largest absolute Gasteiger partial charge is 0.457 e. The Balaban J connectivity index is 2.02. The van der Waals surface area contributed by atoms with Gasteiger partial charge in [0.05, 0.1) is 6.10 Å². The molecular weight excluding hydrogens is 403 g/mol. The van der Waals surface area contributed by atoms with Gasteiger partial charge in [-0.25, -0.2) is 4.79 Å². The molecule has 2 heterocycles. The number of aromatic nitrogens is 4. The molecule has 0 N–H and O–H groups in total. The van der Waals surface area contributed by atoms with Crippen LogP contribution in [0, 0.1) is 3.57 Å². The van der Waals surface area contributed by atoms with Gasteiger partial charge in [0.1, 0.15) is 5.01 Å². The Labute approximate surface area is 138 Å². The number of fused-ring (bicyclic) bond motifs is 1. The van der Waals surface area contributed by atoms with Crippen LogP contribution in [0.4, 0.5) is 0 Å². The topological polar surface area (TPSA) is 69.4 Å². The highest BCUT2D eigenvalue weighted by molar-refractivity contribution is 14.1. The van der Waals surface area contributed by atoms with E-state index in [1.807, 2.05) is 24.3 Å². The number of benzene rings is 1. The van der Waals surface area contributed by atoms with E-state index in [9.17, 15) is 4.79 Å². The van der Waals surface area contributed by atoms with Crippen LogP contribution in [0.2, 0.25) is 0 Å². The Bertz CT molecular complexity index is 811. The molecule has 0 aliphatic rings. The van der Waals surface area contributed by atoms with E-state index in [-0.39, 0.29) is 11.9 Å². The van der Waals surface area contributed by atoms with Crippen molar-refractivity contribution in [1.82, 2.24) is 19.8 Å². The van der Waals surface area contributed by atoms with E-state index in [1.54, 1.807) is 13.8 Å². The quantitative estimate of drug-likeness (QED) is 0.487. The van der Waals surface area contributed by atoms with E-state index < -0.39 is 5.97 Å². The zero-order valence-electron chi connectivity index (χ0n) is 11.3. The lowest BCUT2D eigenvalue weighted by Gasteiger charge is -2.04. The molecule has 1 aromatic carbocycles. The fourth-order valence-electron chi connectivity index (χ4n) is 1.75. The van der Waals surface area contributed by atoms with Crippen molar-refractivity contribution in [2.75, 3.05) is 0 Å². The van der Waals surface area contributed by atoms with Gasteiger partial charge in [0, 0.05) is 9.13 Å². The summed E-state index contributed by atoms with van der Waals surface area (Å²) in [5, 5.41) is 13.0. The predicted molar refractivity (Wildman–Crippen MR) is 87.4 cm³/mol. The van der Waals surface area contributed by atoms with E-state index in [0.717, 1.165) is 14.1 Å². The second-order valence-corrected chi connectivity index (χ2v) is 6.79. The van der Waals surface area contributed by atoms with Crippen LogP contribution in [0.5, 0.6) is 0 Å². The van der Waals surface area contributed by atoms with Crippen LogP contribution in [0.15, 0.2) is 24.3 Å². The van der Waals surface area contributed by atoms with Crippen LogP contribution >= 0.6 is 33.9 Å². The fraction of sp³-hybridized carbons (Fsp3) is 0.231. The van der Waals surface area contributed by atoms with Crippen molar-refractivity contribution in [3.8, 4) is 10.6 Å². The van der Waals surface area contributed by atoms with E-state index in [1.165, 1.54) is 15.9 Å². The van der Waals surface area contributed by atoms with Crippen molar-refractivity contribution in [3.05, 3.63) is 33.7 Å². The Hall–Kier alpha value is -1.55. The highest BCUT2D eigenvalue weighted by Crippen LogP contribution is 2.26. The van der Waals surface area contributed by atoms with Crippen LogP contribution in [-0.4, -0.2) is 31.9 Å². The molecule has 0 fully saturated rings. The zero-order valence-corrected chi connectivity index (χ0v) is 14.3. The number of halogens is 1. The molecule has 0 saturated carbocycles. The molecule has 0 radical (unpaired) electrons. The molecule has 0 atom stereocenters. The molecule has 6 nitrogen and oxygen atoms in total. The molecule has 0 aliphatic heterocycles. The molecule has 0 bridgehead atoms. The van der Waals surface area contributed by atoms with Crippen LogP contribution in [0.3, 0.4) is 0 Å². The van der Waals surface area contributed by atoms with Gasteiger partial charge in [0.2, 0.25) is 4.96 Å². The third-order valence-corrected chi connectivity index (χ3v) is 4.21. The van der Waals surface area contributed by atoms with E-state index in [0.29, 0.717) is 4.96 Å². The van der Waals surface area contributed by atoms with Crippen molar-refractivity contribution < 1.29 is 9.53 Å². The van der Waals surface area contributed by atoms with E-state index in [4.69, 9.17) is 4.74 Å². The van der Waals surface area contributed by atoms with E-state index >= 15 is 0 Å². The van der Waals surface area contributed by atoms with Gasteiger partial charge in [0.25, 0.3) is 5.82 Å². The average Bonchev–Trinajstić information content (AvgIpc) is 2.96. The number of carbonyl (C=O) groups is 1. The van der Waals surface area contributed by atoms with Gasteiger partial charge in [-0.3, -0.25) is 0 Å². The fourth-order valence-corrected chi connectivity index (χ4v) is 3.13. The van der Waals surface area contributed by atoms with Crippen LogP contribution in [-0.2, 0) is 4.74 Å². The third kappa shape index (κ3) is 2.91. The van der Waals surface area contributed by atoms with Crippen molar-refractivity contribution in [1.29, 1.82) is 0 Å². The number of esters is 1. The lowest BCUT2D eigenvalue weighted by molar-refractivity contribution is 0.0360. The first-order chi connectivity index (χ1) is 10.0. The minimum atomic E-state index is -0.517. The van der Waals surface area contributed by atoms with Crippen molar-refractivity contribution in [2.24, 2.45) is 0 Å². The highest BCUT2D eigenvalue weighted by atomic mass is 127. The molecule has 8 heteroatoms. The first kappa shape index (κ1) is 14.4. The molecule has 0 unspecified atom stereocenters. The second kappa shape index (κ2) is 5.68. The number of ether oxygens (including phenoxy) is 1. The van der Waals surface area contributed by atoms with Gasteiger partial charge in [-0.2, -0.15) is 9.61 Å². The molecule has 3 aromatic rings. The van der Waals surface area contributed by atoms with Gasteiger partial charge in [-0.1, -0.05) is 23.5 Å². The Kier molecular flexibility index (Phi) is 3.89. The maximum absolute atomic E-state index is 11.9. The normalized spacial score (nSPS) is 11.2. The third-order valence-electron chi connectivity index (χ3n) is 2.59. The zero-order chi connectivity index (χ0) is 15.0. The van der Waals surface area contributed by atoms with Crippen LogP contribution in [0.25, 0.3) is 15.5 Å². The molecule has 21 heavy (non-hydrogen) atoms. The summed E-state index contributed by atoms with van der Waals surface area (Å²) >= 11 is 3.63. The second-order valence-electron chi connectivity index (χ2n) is 4.59. The van der Waals surface area contributed by atoms with Gasteiger partial charge >= 0.3 is 5.97 Å². The standard InChI is InChI=1S/C13H11IN4O2S/c1-7(2)20-12(19)10-15-16-13-18(10)17-11(21-13)8-4-3-5-9(14)6-8/h3-7H,1-2H3. The maximum atomic E-state index is 11.9. The number of hydrogen-bond donors (Lipinski definition) is 0. The SMILES string of the molecule is CC(C)OC(=O)c1nnc2sc(-c3cccc(I)c3)nn12. The molecule has 108 valence electrons. The van der Waals surface area contributed by atoms with Gasteiger partial charge in [-0.05, 0) is 48.6 Å². The molecular formula is C13H11IN4O2S. The lowest BCUT2D eigenvalue weighted by atomic mass is 10.2. The number of rotatable bonds is 3. The van der Waals surface area contributed by atoms with Gasteiger partial charge < -0.3 is 4.74 Å². The summed E-state index contributed by atoms with van der Waals surface area (Å²) in [6.45, 7) is 3.57. The summed E-state index contributed by atoms with van der Waals surface area (Å²) in [6.07, 6.45) is -0.210. The average molecular weight is 414 g/mol. The first-order valence-corrected chi connectivity index (χ1v) is 8.13. The Morgan fingerprint density at radius 2 is 2.19 bits per heavy atom. The number of carbonyl (C=O) groups excluding carboxylic acids is 1. The first-order valence-electron chi connectivity index (χ1n) is 6.24. The van der Waals surface area contributed by atoms with Crippen LogP contribution in [0.1, 0.15) is 24.5 Å². The highest BCUT2D eigenvalue weighted by Gasteiger charge is 2.20. The number of nitrogens with zero attached hydrogens (tertiary/aromatic N) is 4. The van der Waals surface area contributed by atoms with E-state index in [2.05, 4.69) is 37.9 Å². The Morgan fingerprint density at radius 3 is 2.90 bits per heavy atom. The van der Waals surface area contributed by atoms with Gasteiger partial charge in [-0.15, -0.1) is 10.2 Å². The monoisotopic (exact) mass is 414 g/mol. The summed E-state index contributed by atoms with van der Waals surface area (Å²) in [5.74, 6) is -0.413. The smallest absolute Gasteiger partial charge is 0.378 e. The Morgan fingerprint density at radius 1 is 1.38 bits per heavy atom. The summed E-state index contributed by atoms with van der Waals surface area (Å²) in [7, 11) is 0. The summed E-state index contributed by atoms with van der Waals surface area (Å²) in [6, 6.07) is 7.97. The molecule has 2 aromatic heterocycles. The minimum Gasteiger partial charge on any atom is -0.457 e. The molecule has 0 amide bonds. The maximum Gasteiger partial charge on any atom is 0.378 e. The summed E-state index contributed by atoms with van der Waals surface area (Å²) < 4.78 is 7.69. The summed E-state index contributed by atoms with van der Waals surface area (Å²) in [4.78, 5) is 12.5.